The molecule has 0 aliphatic carbocycles. The van der Waals surface area contributed by atoms with E-state index in [1.807, 2.05) is 6.07 Å². The summed E-state index contributed by atoms with van der Waals surface area (Å²) in [5.74, 6) is -0.0673. The minimum Gasteiger partial charge on any atom is -0.288 e. The molecule has 4 nitrogen and oxygen atoms in total. The van der Waals surface area contributed by atoms with Crippen molar-refractivity contribution < 1.29 is 13.2 Å². The van der Waals surface area contributed by atoms with Crippen molar-refractivity contribution in [2.45, 2.75) is 6.92 Å². The largest absolute Gasteiger partial charge is 0.288 e. The number of sulfonamides is 1. The highest BCUT2D eigenvalue weighted by Gasteiger charge is 2.12. The molecule has 0 saturated carbocycles. The standard InChI is InChI=1S/C13H12BrNO3S2/c1-2-20(17,18)15-10-5-3-9(4-6-10)13(16)11-7-8-12(14)19-11/h3-8,15H,2H2,1H3. The fraction of sp³-hybridized carbons (Fsp3) is 0.154. The highest BCUT2D eigenvalue weighted by atomic mass is 79.9. The number of anilines is 1. The number of halogens is 1. The van der Waals surface area contributed by atoms with Gasteiger partial charge in [-0.3, -0.25) is 9.52 Å². The quantitative estimate of drug-likeness (QED) is 0.815. The number of ketones is 1. The van der Waals surface area contributed by atoms with Crippen LogP contribution in [-0.4, -0.2) is 20.0 Å². The highest BCUT2D eigenvalue weighted by Crippen LogP contribution is 2.25. The molecule has 1 aromatic carbocycles. The van der Waals surface area contributed by atoms with Crippen molar-refractivity contribution in [3.8, 4) is 0 Å². The third-order valence-electron chi connectivity index (χ3n) is 2.60. The van der Waals surface area contributed by atoms with Gasteiger partial charge in [0.05, 0.1) is 14.4 Å². The molecule has 2 aromatic rings. The second-order valence-corrected chi connectivity index (χ2v) is 8.49. The zero-order chi connectivity index (χ0) is 14.8. The molecule has 7 heteroatoms. The van der Waals surface area contributed by atoms with Gasteiger partial charge in [-0.2, -0.15) is 0 Å². The highest BCUT2D eigenvalue weighted by molar-refractivity contribution is 9.11. The van der Waals surface area contributed by atoms with Crippen molar-refractivity contribution in [3.63, 3.8) is 0 Å². The topological polar surface area (TPSA) is 63.2 Å². The summed E-state index contributed by atoms with van der Waals surface area (Å²) < 4.78 is 26.2. The first-order valence-corrected chi connectivity index (χ1v) is 9.08. The fourth-order valence-corrected chi connectivity index (χ4v) is 3.51. The van der Waals surface area contributed by atoms with Crippen LogP contribution in [0.1, 0.15) is 22.2 Å². The van der Waals surface area contributed by atoms with Gasteiger partial charge >= 0.3 is 0 Å². The zero-order valence-corrected chi connectivity index (χ0v) is 13.8. The SMILES string of the molecule is CCS(=O)(=O)Nc1ccc(C(=O)c2ccc(Br)s2)cc1. The Bertz CT molecular complexity index is 720. The van der Waals surface area contributed by atoms with Crippen molar-refractivity contribution in [2.75, 3.05) is 10.5 Å². The van der Waals surface area contributed by atoms with E-state index >= 15 is 0 Å². The first-order chi connectivity index (χ1) is 9.41. The Hall–Kier alpha value is -1.18. The minimum atomic E-state index is -3.29. The molecule has 0 bridgehead atoms. The van der Waals surface area contributed by atoms with Crippen LogP contribution in [0.5, 0.6) is 0 Å². The molecule has 0 atom stereocenters. The molecule has 0 radical (unpaired) electrons. The van der Waals surface area contributed by atoms with Gasteiger partial charge in [-0.25, -0.2) is 8.42 Å². The maximum Gasteiger partial charge on any atom is 0.232 e. The number of nitrogens with one attached hydrogen (secondary N) is 1. The predicted molar refractivity (Wildman–Crippen MR) is 85.0 cm³/mol. The second kappa shape index (κ2) is 6.07. The monoisotopic (exact) mass is 373 g/mol. The lowest BCUT2D eigenvalue weighted by Crippen LogP contribution is -2.14. The van der Waals surface area contributed by atoms with E-state index in [0.717, 1.165) is 3.79 Å². The third kappa shape index (κ3) is 3.68. The van der Waals surface area contributed by atoms with Crippen LogP contribution >= 0.6 is 27.3 Å². The van der Waals surface area contributed by atoms with E-state index in [4.69, 9.17) is 0 Å². The van der Waals surface area contributed by atoms with Gasteiger partial charge in [0.1, 0.15) is 0 Å². The molecule has 0 aliphatic heterocycles. The van der Waals surface area contributed by atoms with Crippen LogP contribution in [0.2, 0.25) is 0 Å². The summed E-state index contributed by atoms with van der Waals surface area (Å²) in [5, 5.41) is 0. The van der Waals surface area contributed by atoms with Gasteiger partial charge in [-0.15, -0.1) is 11.3 Å². The normalized spacial score (nSPS) is 11.3. The summed E-state index contributed by atoms with van der Waals surface area (Å²) in [6.45, 7) is 1.56. The Morgan fingerprint density at radius 1 is 1.20 bits per heavy atom. The Morgan fingerprint density at radius 3 is 2.35 bits per heavy atom. The Balaban J connectivity index is 2.18. The summed E-state index contributed by atoms with van der Waals surface area (Å²) in [6.07, 6.45) is 0. The van der Waals surface area contributed by atoms with Crippen LogP contribution in [-0.2, 0) is 10.0 Å². The number of benzene rings is 1. The third-order valence-corrected chi connectivity index (χ3v) is 5.53. The van der Waals surface area contributed by atoms with Crippen LogP contribution in [0.15, 0.2) is 40.2 Å². The molecule has 1 N–H and O–H groups in total. The summed E-state index contributed by atoms with van der Waals surface area (Å²) in [6, 6.07) is 9.98. The summed E-state index contributed by atoms with van der Waals surface area (Å²) >= 11 is 4.68. The van der Waals surface area contributed by atoms with Gasteiger partial charge < -0.3 is 0 Å². The lowest BCUT2D eigenvalue weighted by atomic mass is 10.1. The Labute approximate surface area is 130 Å². The Kier molecular flexibility index (Phi) is 4.62. The van der Waals surface area contributed by atoms with E-state index < -0.39 is 10.0 Å². The zero-order valence-electron chi connectivity index (χ0n) is 10.6. The number of hydrogen-bond acceptors (Lipinski definition) is 4. The average Bonchev–Trinajstić information content (AvgIpc) is 2.85. The number of thiophene rings is 1. The van der Waals surface area contributed by atoms with Crippen molar-refractivity contribution in [2.24, 2.45) is 0 Å². The van der Waals surface area contributed by atoms with Crippen molar-refractivity contribution in [1.29, 1.82) is 0 Å². The van der Waals surface area contributed by atoms with Crippen LogP contribution in [0.25, 0.3) is 0 Å². The molecule has 0 saturated heterocycles. The summed E-state index contributed by atoms with van der Waals surface area (Å²) in [7, 11) is -3.29. The maximum absolute atomic E-state index is 12.2. The van der Waals surface area contributed by atoms with Gasteiger partial charge in [0.2, 0.25) is 15.8 Å². The van der Waals surface area contributed by atoms with E-state index in [1.165, 1.54) is 11.3 Å². The van der Waals surface area contributed by atoms with Crippen molar-refractivity contribution >= 4 is 48.8 Å². The molecule has 2 rings (SSSR count). The smallest absolute Gasteiger partial charge is 0.232 e. The van der Waals surface area contributed by atoms with Crippen LogP contribution in [0, 0.1) is 0 Å². The molecular formula is C13H12BrNO3S2. The van der Waals surface area contributed by atoms with Gasteiger partial charge in [-0.05, 0) is 59.3 Å². The second-order valence-electron chi connectivity index (χ2n) is 4.02. The lowest BCUT2D eigenvalue weighted by Gasteiger charge is -2.06. The van der Waals surface area contributed by atoms with E-state index in [0.29, 0.717) is 16.1 Å². The molecule has 20 heavy (non-hydrogen) atoms. The number of carbonyl (C=O) groups excluding carboxylic acids is 1. The van der Waals surface area contributed by atoms with Gasteiger partial charge in [0.25, 0.3) is 0 Å². The van der Waals surface area contributed by atoms with E-state index in [2.05, 4.69) is 20.7 Å². The van der Waals surface area contributed by atoms with E-state index in [-0.39, 0.29) is 11.5 Å². The predicted octanol–water partition coefficient (Wildman–Crippen LogP) is 3.50. The van der Waals surface area contributed by atoms with Crippen LogP contribution < -0.4 is 4.72 Å². The average molecular weight is 374 g/mol. The Morgan fingerprint density at radius 2 is 1.85 bits per heavy atom. The van der Waals surface area contributed by atoms with E-state index in [9.17, 15) is 13.2 Å². The van der Waals surface area contributed by atoms with Gasteiger partial charge in [0, 0.05) is 11.3 Å². The molecule has 0 amide bonds. The summed E-state index contributed by atoms with van der Waals surface area (Å²) in [4.78, 5) is 12.8. The molecule has 106 valence electrons. The van der Waals surface area contributed by atoms with Crippen LogP contribution in [0.4, 0.5) is 5.69 Å². The molecule has 0 spiro atoms. The first-order valence-electron chi connectivity index (χ1n) is 5.82. The number of rotatable bonds is 5. The molecule has 0 aliphatic rings. The fourth-order valence-electron chi connectivity index (χ4n) is 1.52. The van der Waals surface area contributed by atoms with Crippen molar-refractivity contribution in [1.82, 2.24) is 0 Å². The molecule has 0 unspecified atom stereocenters. The van der Waals surface area contributed by atoms with Crippen molar-refractivity contribution in [3.05, 3.63) is 50.6 Å². The summed E-state index contributed by atoms with van der Waals surface area (Å²) in [5.41, 5.74) is 0.981. The van der Waals surface area contributed by atoms with E-state index in [1.54, 1.807) is 37.3 Å². The number of hydrogen-bond donors (Lipinski definition) is 1. The van der Waals surface area contributed by atoms with Crippen LogP contribution in [0.3, 0.4) is 0 Å². The molecular weight excluding hydrogens is 362 g/mol. The minimum absolute atomic E-state index is 0.0108. The van der Waals surface area contributed by atoms with Gasteiger partial charge in [0.15, 0.2) is 0 Å². The van der Waals surface area contributed by atoms with Gasteiger partial charge in [-0.1, -0.05) is 0 Å². The number of carbonyl (C=O) groups is 1. The maximum atomic E-state index is 12.2. The first kappa shape index (κ1) is 15.2. The molecule has 1 heterocycles. The molecule has 1 aromatic heterocycles. The lowest BCUT2D eigenvalue weighted by molar-refractivity contribution is 0.104. The molecule has 0 fully saturated rings.